The van der Waals surface area contributed by atoms with E-state index < -0.39 is 32.8 Å². The lowest BCUT2D eigenvalue weighted by molar-refractivity contribution is -0.167. The van der Waals surface area contributed by atoms with Crippen LogP contribution in [0.5, 0.6) is 0 Å². The molecule has 0 aliphatic heterocycles. The van der Waals surface area contributed by atoms with Crippen LogP contribution >= 0.6 is 31.9 Å². The van der Waals surface area contributed by atoms with Gasteiger partial charge in [-0.15, -0.1) is 0 Å². The van der Waals surface area contributed by atoms with Crippen LogP contribution in [0.25, 0.3) is 0 Å². The molecule has 0 saturated heterocycles. The van der Waals surface area contributed by atoms with Gasteiger partial charge in [0.1, 0.15) is 10.4 Å². The van der Waals surface area contributed by atoms with Gasteiger partial charge in [0.15, 0.2) is 0 Å². The molecular weight excluding hydrogens is 384 g/mol. The van der Waals surface area contributed by atoms with Crippen molar-refractivity contribution >= 4 is 31.9 Å². The zero-order valence-electron chi connectivity index (χ0n) is 7.83. The minimum atomic E-state index is -4.88. The summed E-state index contributed by atoms with van der Waals surface area (Å²) in [4.78, 5) is 0. The van der Waals surface area contributed by atoms with E-state index in [4.69, 9.17) is 5.73 Å². The van der Waals surface area contributed by atoms with Gasteiger partial charge in [-0.25, -0.2) is 0 Å². The second-order valence-electron chi connectivity index (χ2n) is 3.42. The molecule has 98 valence electrons. The van der Waals surface area contributed by atoms with E-state index in [1.54, 1.807) is 0 Å². The third-order valence-electron chi connectivity index (χ3n) is 2.07. The molecule has 17 heavy (non-hydrogen) atoms. The van der Waals surface area contributed by atoms with E-state index >= 15 is 0 Å². The van der Waals surface area contributed by atoms with Gasteiger partial charge in [0, 0.05) is 4.48 Å². The lowest BCUT2D eigenvalue weighted by Gasteiger charge is -2.33. The molecule has 1 aliphatic rings. The molecule has 0 fully saturated rings. The van der Waals surface area contributed by atoms with Crippen LogP contribution in [0, 0.1) is 5.92 Å². The van der Waals surface area contributed by atoms with Crippen molar-refractivity contribution in [1.29, 1.82) is 0 Å². The van der Waals surface area contributed by atoms with E-state index in [9.17, 15) is 26.3 Å². The summed E-state index contributed by atoms with van der Waals surface area (Å²) in [7, 11) is 0. The lowest BCUT2D eigenvalue weighted by Crippen LogP contribution is -2.48. The molecule has 9 heteroatoms. The first-order valence-corrected chi connectivity index (χ1v) is 5.66. The average molecular weight is 389 g/mol. The zero-order chi connectivity index (χ0) is 13.6. The van der Waals surface area contributed by atoms with Gasteiger partial charge in [0.2, 0.25) is 0 Å². The molecule has 0 aromatic rings. The molecule has 1 nitrogen and oxygen atoms in total. The molecular formula is C8H5Br2F6N. The fourth-order valence-electron chi connectivity index (χ4n) is 1.31. The van der Waals surface area contributed by atoms with E-state index in [0.29, 0.717) is 6.08 Å². The van der Waals surface area contributed by atoms with Crippen LogP contribution in [-0.4, -0.2) is 16.8 Å². The van der Waals surface area contributed by atoms with Crippen molar-refractivity contribution in [2.75, 3.05) is 0 Å². The third kappa shape index (κ3) is 3.25. The fraction of sp³-hybridized carbons (Fsp3) is 0.500. The van der Waals surface area contributed by atoms with E-state index in [-0.39, 0.29) is 6.08 Å². The second-order valence-corrected chi connectivity index (χ2v) is 5.64. The summed E-state index contributed by atoms with van der Waals surface area (Å²) in [5.74, 6) is -2.45. The topological polar surface area (TPSA) is 26.0 Å². The highest BCUT2D eigenvalue weighted by atomic mass is 79.9. The Morgan fingerprint density at radius 2 is 1.65 bits per heavy atom. The molecule has 0 aromatic heterocycles. The highest BCUT2D eigenvalue weighted by Gasteiger charge is 2.53. The van der Waals surface area contributed by atoms with Crippen molar-refractivity contribution < 1.29 is 26.3 Å². The van der Waals surface area contributed by atoms with Gasteiger partial charge in [0.05, 0.1) is 5.57 Å². The Kier molecular flexibility index (Phi) is 3.78. The lowest BCUT2D eigenvalue weighted by atomic mass is 9.91. The summed E-state index contributed by atoms with van der Waals surface area (Å²) in [6.45, 7) is 0. The molecule has 1 aliphatic carbocycles. The Balaban J connectivity index is 3.29. The number of rotatable bonds is 0. The molecule has 0 amide bonds. The predicted octanol–water partition coefficient (Wildman–Crippen LogP) is 4.00. The molecule has 0 radical (unpaired) electrons. The van der Waals surface area contributed by atoms with Crippen molar-refractivity contribution in [2.45, 2.75) is 16.8 Å². The summed E-state index contributed by atoms with van der Waals surface area (Å²) >= 11 is 5.12. The number of hydrogen-bond acceptors (Lipinski definition) is 1. The largest absolute Gasteiger partial charge is 0.417 e. The monoisotopic (exact) mass is 387 g/mol. The summed E-state index contributed by atoms with van der Waals surface area (Å²) in [5.41, 5.74) is 3.89. The Labute approximate surface area is 109 Å². The Morgan fingerprint density at radius 3 is 2.00 bits per heavy atom. The van der Waals surface area contributed by atoms with Gasteiger partial charge in [0.25, 0.3) is 0 Å². The van der Waals surface area contributed by atoms with Crippen LogP contribution in [0.4, 0.5) is 26.3 Å². The first-order chi connectivity index (χ1) is 7.36. The normalized spacial score (nSPS) is 31.0. The third-order valence-corrected chi connectivity index (χ3v) is 3.45. The van der Waals surface area contributed by atoms with Crippen LogP contribution < -0.4 is 5.73 Å². The summed E-state index contributed by atoms with van der Waals surface area (Å²) < 4.78 is 72.4. The average Bonchev–Trinajstić information content (AvgIpc) is 1.95. The molecule has 2 N–H and O–H groups in total. The van der Waals surface area contributed by atoms with Crippen molar-refractivity contribution in [3.63, 3.8) is 0 Å². The van der Waals surface area contributed by atoms with Crippen molar-refractivity contribution in [3.05, 3.63) is 22.2 Å². The fourth-order valence-corrected chi connectivity index (χ4v) is 2.97. The minimum Gasteiger partial charge on any atom is -0.312 e. The molecule has 0 saturated carbocycles. The smallest absolute Gasteiger partial charge is 0.312 e. The van der Waals surface area contributed by atoms with Crippen LogP contribution in [0.3, 0.4) is 0 Å². The van der Waals surface area contributed by atoms with Crippen LogP contribution in [0.15, 0.2) is 22.2 Å². The standard InChI is InChI=1S/C8H5Br2F6N/c9-4-2-6(10,17)5(8(14,15)16)1-3(4)7(11,12)13/h1-2,5H,17H2. The van der Waals surface area contributed by atoms with Crippen molar-refractivity contribution in [3.8, 4) is 0 Å². The van der Waals surface area contributed by atoms with Gasteiger partial charge in [-0.3, -0.25) is 0 Å². The number of halogens is 8. The van der Waals surface area contributed by atoms with E-state index in [2.05, 4.69) is 31.9 Å². The van der Waals surface area contributed by atoms with Crippen LogP contribution in [0.2, 0.25) is 0 Å². The number of allylic oxidation sites excluding steroid dienone is 2. The first kappa shape index (κ1) is 15.0. The summed E-state index contributed by atoms with van der Waals surface area (Å²) in [5, 5.41) is 0. The predicted molar refractivity (Wildman–Crippen MR) is 56.5 cm³/mol. The molecule has 0 spiro atoms. The Hall–Kier alpha value is -0.0200. The van der Waals surface area contributed by atoms with E-state index in [1.807, 2.05) is 0 Å². The number of alkyl halides is 7. The highest BCUT2D eigenvalue weighted by Crippen LogP contribution is 2.47. The van der Waals surface area contributed by atoms with Gasteiger partial charge in [-0.1, -0.05) is 37.9 Å². The number of hydrogen-bond donors (Lipinski definition) is 1. The van der Waals surface area contributed by atoms with E-state index in [1.165, 1.54) is 0 Å². The van der Waals surface area contributed by atoms with Crippen LogP contribution in [-0.2, 0) is 0 Å². The second kappa shape index (κ2) is 4.27. The molecule has 2 unspecified atom stereocenters. The zero-order valence-corrected chi connectivity index (χ0v) is 11.0. The first-order valence-electron chi connectivity index (χ1n) is 4.08. The van der Waals surface area contributed by atoms with Crippen molar-refractivity contribution in [1.82, 2.24) is 0 Å². The maximum Gasteiger partial charge on any atom is 0.417 e. The maximum absolute atomic E-state index is 12.6. The van der Waals surface area contributed by atoms with Gasteiger partial charge < -0.3 is 5.73 Å². The Bertz CT molecular complexity index is 378. The van der Waals surface area contributed by atoms with Crippen molar-refractivity contribution in [2.24, 2.45) is 11.7 Å². The minimum absolute atomic E-state index is 0.0683. The van der Waals surface area contributed by atoms with Gasteiger partial charge >= 0.3 is 12.4 Å². The summed E-state index contributed by atoms with van der Waals surface area (Å²) in [6.07, 6.45) is -9.03. The quantitative estimate of drug-likeness (QED) is 0.379. The molecule has 0 bridgehead atoms. The van der Waals surface area contributed by atoms with Gasteiger partial charge in [-0.05, 0) is 6.08 Å². The SMILES string of the molecule is NC1(Br)C=C(Br)C(C(F)(F)F)=CC1C(F)(F)F. The molecule has 2 atom stereocenters. The number of nitrogens with two attached hydrogens (primary N) is 1. The Morgan fingerprint density at radius 1 is 1.18 bits per heavy atom. The molecule has 1 rings (SSSR count). The molecule has 0 aromatic carbocycles. The maximum atomic E-state index is 12.6. The molecule has 0 heterocycles. The van der Waals surface area contributed by atoms with Gasteiger partial charge in [-0.2, -0.15) is 26.3 Å². The highest BCUT2D eigenvalue weighted by molar-refractivity contribution is 9.12. The van der Waals surface area contributed by atoms with Crippen LogP contribution in [0.1, 0.15) is 0 Å². The summed E-state index contributed by atoms with van der Waals surface area (Å²) in [6, 6.07) is 0. The van der Waals surface area contributed by atoms with E-state index in [0.717, 1.165) is 0 Å².